The number of hydrogen-bond donors (Lipinski definition) is 1. The van der Waals surface area contributed by atoms with Crippen molar-refractivity contribution in [1.82, 2.24) is 4.13 Å². The Bertz CT molecular complexity index is 1410. The van der Waals surface area contributed by atoms with Crippen molar-refractivity contribution in [3.05, 3.63) is 12.2 Å². The van der Waals surface area contributed by atoms with Gasteiger partial charge in [0.2, 0.25) is 0 Å². The van der Waals surface area contributed by atoms with E-state index < -0.39 is 105 Å². The standard InChI is InChI=1S/C18H20F9NO9S3/c1-9(2)12(29)36-13-4-10-3-11(5-13)7-14(6-10,8-13)37-40(34,35)17(23,24)15(19,20)16(21,22)38(30,31)28-39(32,33)18(25,26)27/h10-11,28H,1,3-8H2,2H3. The second kappa shape index (κ2) is 9.17. The number of ether oxygens (including phenoxy) is 1. The number of alkyl halides is 9. The molecule has 1 N–H and O–H groups in total. The summed E-state index contributed by atoms with van der Waals surface area (Å²) in [7, 11) is -22.5. The van der Waals surface area contributed by atoms with Crippen LogP contribution in [0.5, 0.6) is 0 Å². The largest absolute Gasteiger partial charge is 0.512 e. The number of carbonyl (C=O) groups is 1. The summed E-state index contributed by atoms with van der Waals surface area (Å²) in [6.07, 6.45) is -0.897. The molecule has 0 radical (unpaired) electrons. The van der Waals surface area contributed by atoms with E-state index in [0.29, 0.717) is 6.42 Å². The maximum atomic E-state index is 14.7. The predicted molar refractivity (Wildman–Crippen MR) is 113 cm³/mol. The van der Waals surface area contributed by atoms with Gasteiger partial charge >= 0.3 is 48.1 Å². The Morgan fingerprint density at radius 3 is 1.68 bits per heavy atom. The minimum Gasteiger partial charge on any atom is -0.456 e. The maximum Gasteiger partial charge on any atom is 0.512 e. The molecule has 0 aromatic rings. The molecule has 0 aromatic carbocycles. The molecule has 22 heteroatoms. The average Bonchev–Trinajstić information content (AvgIpc) is 2.69. The molecule has 0 spiro atoms. The highest BCUT2D eigenvalue weighted by atomic mass is 32.3. The molecule has 0 aromatic heterocycles. The van der Waals surface area contributed by atoms with E-state index in [0.717, 1.165) is 0 Å². The van der Waals surface area contributed by atoms with Gasteiger partial charge in [-0.2, -0.15) is 47.9 Å². The molecule has 10 nitrogen and oxygen atoms in total. The monoisotopic (exact) mass is 661 g/mol. The van der Waals surface area contributed by atoms with Gasteiger partial charge in [0.15, 0.2) is 0 Å². The van der Waals surface area contributed by atoms with Crippen molar-refractivity contribution in [3.63, 3.8) is 0 Å². The van der Waals surface area contributed by atoms with Crippen molar-refractivity contribution in [3.8, 4) is 0 Å². The van der Waals surface area contributed by atoms with Crippen molar-refractivity contribution in [2.75, 3.05) is 0 Å². The van der Waals surface area contributed by atoms with Gasteiger partial charge in [-0.05, 0) is 50.9 Å². The van der Waals surface area contributed by atoms with E-state index in [1.54, 1.807) is 0 Å². The first-order chi connectivity index (χ1) is 17.6. The first-order valence-corrected chi connectivity index (χ1v) is 15.3. The number of carbonyl (C=O) groups excluding carboxylic acids is 1. The van der Waals surface area contributed by atoms with Gasteiger partial charge in [0, 0.05) is 12.0 Å². The van der Waals surface area contributed by atoms with E-state index in [4.69, 9.17) is 4.74 Å². The maximum absolute atomic E-state index is 14.7. The summed E-state index contributed by atoms with van der Waals surface area (Å²) in [5.41, 5.74) is -10.6. The molecule has 4 saturated carbocycles. The fourth-order valence-electron chi connectivity index (χ4n) is 5.62. The molecule has 2 atom stereocenters. The molecule has 232 valence electrons. The topological polar surface area (TPSA) is 150 Å². The zero-order chi connectivity index (χ0) is 31.2. The number of esters is 1. The second-order valence-electron chi connectivity index (χ2n) is 10.2. The molecule has 4 aliphatic carbocycles. The van der Waals surface area contributed by atoms with Crippen LogP contribution in [-0.2, 0) is 43.9 Å². The Balaban J connectivity index is 1.97. The number of sulfonamides is 2. The summed E-state index contributed by atoms with van der Waals surface area (Å²) < 4.78 is 202. The number of halogens is 9. The van der Waals surface area contributed by atoms with Gasteiger partial charge in [0.1, 0.15) is 5.60 Å². The van der Waals surface area contributed by atoms with Gasteiger partial charge in [0.25, 0.3) is 10.0 Å². The van der Waals surface area contributed by atoms with E-state index in [9.17, 15) is 69.6 Å². The second-order valence-corrected chi connectivity index (χ2v) is 15.4. The third-order valence-corrected chi connectivity index (χ3v) is 11.6. The summed E-state index contributed by atoms with van der Waals surface area (Å²) in [5, 5.41) is -14.6. The predicted octanol–water partition coefficient (Wildman–Crippen LogP) is 3.13. The molecule has 40 heavy (non-hydrogen) atoms. The van der Waals surface area contributed by atoms with Crippen LogP contribution < -0.4 is 4.13 Å². The Morgan fingerprint density at radius 1 is 0.800 bits per heavy atom. The lowest BCUT2D eigenvalue weighted by molar-refractivity contribution is -0.250. The highest BCUT2D eigenvalue weighted by molar-refractivity contribution is 8.05. The summed E-state index contributed by atoms with van der Waals surface area (Å²) in [4.78, 5) is 12.1. The minimum atomic E-state index is -7.89. The first-order valence-electron chi connectivity index (χ1n) is 10.9. The molecule has 0 amide bonds. The number of nitrogens with one attached hydrogen (secondary N) is 1. The number of rotatable bonds is 10. The third kappa shape index (κ3) is 5.10. The van der Waals surface area contributed by atoms with E-state index in [1.165, 1.54) is 6.92 Å². The smallest absolute Gasteiger partial charge is 0.456 e. The van der Waals surface area contributed by atoms with Crippen LogP contribution in [-0.4, -0.2) is 64.4 Å². The van der Waals surface area contributed by atoms with E-state index in [1.807, 2.05) is 0 Å². The van der Waals surface area contributed by atoms with Crippen LogP contribution in [0.15, 0.2) is 12.2 Å². The molecule has 0 aliphatic heterocycles. The SMILES string of the molecule is C=C(C)C(=O)OC12CC3CC(C1)CC(OS(=O)(=O)C(F)(F)C(F)(F)C(F)(F)S(=O)(=O)NS(=O)(=O)C(F)(F)F)(C3)C2. The fraction of sp³-hybridized carbons (Fsp3) is 0.833. The van der Waals surface area contributed by atoms with Crippen molar-refractivity contribution in [2.24, 2.45) is 11.8 Å². The molecule has 2 unspecified atom stereocenters. The zero-order valence-corrected chi connectivity index (χ0v) is 22.4. The van der Waals surface area contributed by atoms with Gasteiger partial charge in [-0.25, -0.2) is 21.6 Å². The van der Waals surface area contributed by atoms with Crippen molar-refractivity contribution >= 4 is 36.1 Å². The van der Waals surface area contributed by atoms with Crippen LogP contribution in [0.2, 0.25) is 0 Å². The Hall–Kier alpha value is -1.65. The molecule has 4 aliphatic rings. The van der Waals surface area contributed by atoms with Gasteiger partial charge in [0.05, 0.1) is 5.60 Å². The summed E-state index contributed by atoms with van der Waals surface area (Å²) >= 11 is 0. The lowest BCUT2D eigenvalue weighted by Crippen LogP contribution is -2.66. The van der Waals surface area contributed by atoms with E-state index in [2.05, 4.69) is 10.8 Å². The van der Waals surface area contributed by atoms with E-state index in [-0.39, 0.29) is 18.4 Å². The van der Waals surface area contributed by atoms with Gasteiger partial charge in [-0.3, -0.25) is 4.18 Å². The van der Waals surface area contributed by atoms with Gasteiger partial charge in [-0.1, -0.05) is 10.7 Å². The highest BCUT2D eigenvalue weighted by Gasteiger charge is 2.83. The minimum absolute atomic E-state index is 0.0931. The van der Waals surface area contributed by atoms with Crippen LogP contribution in [0, 0.1) is 11.8 Å². The van der Waals surface area contributed by atoms with Crippen LogP contribution >= 0.6 is 0 Å². The Kier molecular flexibility index (Phi) is 7.54. The lowest BCUT2D eigenvalue weighted by atomic mass is 9.52. The first kappa shape index (κ1) is 32.9. The Morgan fingerprint density at radius 2 is 1.25 bits per heavy atom. The quantitative estimate of drug-likeness (QED) is 0.161. The lowest BCUT2D eigenvalue weighted by Gasteiger charge is -2.60. The van der Waals surface area contributed by atoms with Crippen molar-refractivity contribution < 1.29 is 78.5 Å². The summed E-state index contributed by atoms with van der Waals surface area (Å²) in [6, 6.07) is 0. The average molecular weight is 662 g/mol. The summed E-state index contributed by atoms with van der Waals surface area (Å²) in [5.74, 6) is -9.65. The molecular weight excluding hydrogens is 641 g/mol. The molecule has 4 bridgehead atoms. The van der Waals surface area contributed by atoms with Crippen molar-refractivity contribution in [2.45, 2.75) is 78.6 Å². The zero-order valence-electron chi connectivity index (χ0n) is 19.9. The molecule has 4 rings (SSSR count). The van der Waals surface area contributed by atoms with Crippen LogP contribution in [0.3, 0.4) is 0 Å². The highest BCUT2D eigenvalue weighted by Crippen LogP contribution is 2.62. The molecule has 0 saturated heterocycles. The third-order valence-electron chi connectivity index (χ3n) is 6.80. The molecule has 0 heterocycles. The summed E-state index contributed by atoms with van der Waals surface area (Å²) in [6.45, 7) is 4.61. The normalized spacial score (nSPS) is 29.9. The fourth-order valence-corrected chi connectivity index (χ4v) is 9.31. The van der Waals surface area contributed by atoms with Gasteiger partial charge < -0.3 is 4.74 Å². The number of hydrogen-bond acceptors (Lipinski definition) is 9. The van der Waals surface area contributed by atoms with Crippen LogP contribution in [0.25, 0.3) is 0 Å². The van der Waals surface area contributed by atoms with Crippen LogP contribution in [0.1, 0.15) is 45.4 Å². The van der Waals surface area contributed by atoms with Crippen LogP contribution in [0.4, 0.5) is 39.5 Å². The Labute approximate surface area is 221 Å². The van der Waals surface area contributed by atoms with Crippen molar-refractivity contribution in [1.29, 1.82) is 0 Å². The van der Waals surface area contributed by atoms with Gasteiger partial charge in [-0.15, -0.1) is 0 Å². The molecular formula is C18H20F9NO9S3. The molecule has 4 fully saturated rings. The van der Waals surface area contributed by atoms with E-state index >= 15 is 0 Å².